The van der Waals surface area contributed by atoms with Gasteiger partial charge in [0.2, 0.25) is 0 Å². The van der Waals surface area contributed by atoms with Crippen molar-refractivity contribution in [3.8, 4) is 0 Å². The van der Waals surface area contributed by atoms with Crippen molar-refractivity contribution in [3.63, 3.8) is 0 Å². The summed E-state index contributed by atoms with van der Waals surface area (Å²) < 4.78 is 9.87. The van der Waals surface area contributed by atoms with Crippen molar-refractivity contribution in [2.24, 2.45) is 11.8 Å². The van der Waals surface area contributed by atoms with E-state index in [1.54, 1.807) is 7.11 Å². The summed E-state index contributed by atoms with van der Waals surface area (Å²) in [6.07, 6.45) is 20.9. The van der Waals surface area contributed by atoms with Crippen LogP contribution in [0.3, 0.4) is 0 Å². The van der Waals surface area contributed by atoms with E-state index in [4.69, 9.17) is 9.47 Å². The maximum absolute atomic E-state index is 11.9. The molecule has 3 heteroatoms. The molecule has 0 amide bonds. The van der Waals surface area contributed by atoms with Crippen molar-refractivity contribution >= 4 is 5.97 Å². The first-order chi connectivity index (χ1) is 10.7. The van der Waals surface area contributed by atoms with Gasteiger partial charge in [0, 0.05) is 5.92 Å². The van der Waals surface area contributed by atoms with Gasteiger partial charge in [-0.1, -0.05) is 42.5 Å². The molecule has 0 heterocycles. The second kappa shape index (κ2) is 8.42. The van der Waals surface area contributed by atoms with Gasteiger partial charge in [-0.15, -0.1) is 0 Å². The Kier molecular flexibility index (Phi) is 6.26. The lowest BCUT2D eigenvalue weighted by atomic mass is 9.87. The molecule has 118 valence electrons. The number of carbonyl (C=O) groups is 1. The summed E-state index contributed by atoms with van der Waals surface area (Å²) in [6, 6.07) is 0. The largest absolute Gasteiger partial charge is 0.504 e. The Hall–Kier alpha value is -2.03. The highest BCUT2D eigenvalue weighted by atomic mass is 16.5. The molecule has 2 atom stereocenters. The Morgan fingerprint density at radius 3 is 2.86 bits per heavy atom. The normalized spacial score (nSPS) is 25.2. The van der Waals surface area contributed by atoms with Gasteiger partial charge in [0.25, 0.3) is 0 Å². The fourth-order valence-electron chi connectivity index (χ4n) is 2.82. The van der Waals surface area contributed by atoms with Crippen molar-refractivity contribution in [3.05, 3.63) is 59.9 Å². The number of esters is 1. The third-order valence-electron chi connectivity index (χ3n) is 4.07. The standard InChI is InChI=1S/C19H24O3/c1-21-14-18(19(20)22-2)17-10-6-9-16(13-17)12-11-15-7-4-3-5-8-15/h3-4,6,9-12,14-15,17H,5,7-8,13H2,1-2H3/b12-11+,18-14+. The summed E-state index contributed by atoms with van der Waals surface area (Å²) in [6.45, 7) is 0. The summed E-state index contributed by atoms with van der Waals surface area (Å²) in [5, 5.41) is 0. The van der Waals surface area contributed by atoms with Crippen LogP contribution in [-0.4, -0.2) is 20.2 Å². The van der Waals surface area contributed by atoms with E-state index in [1.807, 2.05) is 12.2 Å². The second-order valence-corrected chi connectivity index (χ2v) is 5.64. The Morgan fingerprint density at radius 1 is 1.32 bits per heavy atom. The molecule has 2 aliphatic carbocycles. The molecule has 0 radical (unpaired) electrons. The van der Waals surface area contributed by atoms with Crippen LogP contribution in [0.25, 0.3) is 0 Å². The lowest BCUT2D eigenvalue weighted by Crippen LogP contribution is -2.15. The van der Waals surface area contributed by atoms with Gasteiger partial charge >= 0.3 is 5.97 Å². The number of ether oxygens (including phenoxy) is 2. The predicted octanol–water partition coefficient (Wildman–Crippen LogP) is 4.10. The number of hydrogen-bond donors (Lipinski definition) is 0. The quantitative estimate of drug-likeness (QED) is 0.332. The average molecular weight is 300 g/mol. The molecule has 0 spiro atoms. The van der Waals surface area contributed by atoms with E-state index in [0.717, 1.165) is 12.8 Å². The van der Waals surface area contributed by atoms with E-state index < -0.39 is 0 Å². The monoisotopic (exact) mass is 300 g/mol. The molecule has 22 heavy (non-hydrogen) atoms. The van der Waals surface area contributed by atoms with E-state index >= 15 is 0 Å². The van der Waals surface area contributed by atoms with Crippen LogP contribution < -0.4 is 0 Å². The summed E-state index contributed by atoms with van der Waals surface area (Å²) in [7, 11) is 2.94. The highest BCUT2D eigenvalue weighted by Gasteiger charge is 2.22. The van der Waals surface area contributed by atoms with Crippen LogP contribution in [0.4, 0.5) is 0 Å². The number of methoxy groups -OCH3 is 2. The van der Waals surface area contributed by atoms with Gasteiger partial charge in [0.05, 0.1) is 26.1 Å². The van der Waals surface area contributed by atoms with Crippen molar-refractivity contribution in [1.29, 1.82) is 0 Å². The van der Waals surface area contributed by atoms with E-state index in [-0.39, 0.29) is 11.9 Å². The van der Waals surface area contributed by atoms with Crippen molar-refractivity contribution in [1.82, 2.24) is 0 Å². The summed E-state index contributed by atoms with van der Waals surface area (Å²) >= 11 is 0. The highest BCUT2D eigenvalue weighted by Crippen LogP contribution is 2.28. The van der Waals surface area contributed by atoms with Crippen LogP contribution in [-0.2, 0) is 14.3 Å². The van der Waals surface area contributed by atoms with Crippen molar-refractivity contribution in [2.75, 3.05) is 14.2 Å². The number of allylic oxidation sites excluding steroid dienone is 8. The number of rotatable bonds is 5. The number of carbonyl (C=O) groups excluding carboxylic acids is 1. The van der Waals surface area contributed by atoms with Gasteiger partial charge in [-0.3, -0.25) is 0 Å². The van der Waals surface area contributed by atoms with E-state index in [9.17, 15) is 4.79 Å². The van der Waals surface area contributed by atoms with Crippen molar-refractivity contribution < 1.29 is 14.3 Å². The highest BCUT2D eigenvalue weighted by molar-refractivity contribution is 5.89. The van der Waals surface area contributed by atoms with Gasteiger partial charge in [-0.25, -0.2) is 4.79 Å². The third-order valence-corrected chi connectivity index (χ3v) is 4.07. The zero-order valence-electron chi connectivity index (χ0n) is 13.3. The van der Waals surface area contributed by atoms with Crippen LogP contribution in [0.1, 0.15) is 25.7 Å². The first-order valence-electron chi connectivity index (χ1n) is 7.76. The minimum Gasteiger partial charge on any atom is -0.504 e. The Bertz CT molecular complexity index is 535. The molecule has 0 aromatic rings. The van der Waals surface area contributed by atoms with E-state index in [2.05, 4.69) is 30.4 Å². The fourth-order valence-corrected chi connectivity index (χ4v) is 2.82. The molecule has 0 aromatic carbocycles. The van der Waals surface area contributed by atoms with Crippen LogP contribution in [0.2, 0.25) is 0 Å². The topological polar surface area (TPSA) is 35.5 Å². The lowest BCUT2D eigenvalue weighted by Gasteiger charge is -2.19. The third kappa shape index (κ3) is 4.48. The van der Waals surface area contributed by atoms with Gasteiger partial charge in [0.1, 0.15) is 0 Å². The van der Waals surface area contributed by atoms with Gasteiger partial charge in [-0.2, -0.15) is 0 Å². The van der Waals surface area contributed by atoms with Crippen molar-refractivity contribution in [2.45, 2.75) is 25.7 Å². The minimum atomic E-state index is -0.334. The van der Waals surface area contributed by atoms with E-state index in [1.165, 1.54) is 31.8 Å². The summed E-state index contributed by atoms with van der Waals surface area (Å²) in [5.41, 5.74) is 1.79. The molecule has 0 saturated heterocycles. The molecule has 2 rings (SSSR count). The molecule has 2 unspecified atom stereocenters. The van der Waals surface area contributed by atoms with Crippen LogP contribution in [0.5, 0.6) is 0 Å². The van der Waals surface area contributed by atoms with Crippen LogP contribution >= 0.6 is 0 Å². The summed E-state index contributed by atoms with van der Waals surface area (Å²) in [5.74, 6) is 0.298. The zero-order chi connectivity index (χ0) is 15.8. The Morgan fingerprint density at radius 2 is 2.18 bits per heavy atom. The Labute approximate surface area is 132 Å². The molecule has 0 fully saturated rings. The Balaban J connectivity index is 2.01. The van der Waals surface area contributed by atoms with E-state index in [0.29, 0.717) is 11.5 Å². The van der Waals surface area contributed by atoms with Crippen LogP contribution in [0.15, 0.2) is 59.9 Å². The zero-order valence-corrected chi connectivity index (χ0v) is 13.3. The first kappa shape index (κ1) is 16.3. The lowest BCUT2D eigenvalue weighted by molar-refractivity contribution is -0.136. The SMILES string of the molecule is CO/C=C(/C(=O)OC)C1C=CC=C(/C=C/C2CC=CCC2)C1. The molecule has 0 aliphatic heterocycles. The van der Waals surface area contributed by atoms with Gasteiger partial charge in [0.15, 0.2) is 0 Å². The molecule has 0 N–H and O–H groups in total. The molecule has 0 aromatic heterocycles. The molecular formula is C19H24O3. The molecule has 3 nitrogen and oxygen atoms in total. The van der Waals surface area contributed by atoms with Gasteiger partial charge in [-0.05, 0) is 37.2 Å². The minimum absolute atomic E-state index is 0.00306. The average Bonchev–Trinajstić information content (AvgIpc) is 2.58. The van der Waals surface area contributed by atoms with Gasteiger partial charge < -0.3 is 9.47 Å². The molecular weight excluding hydrogens is 276 g/mol. The first-order valence-corrected chi connectivity index (χ1v) is 7.76. The maximum Gasteiger partial charge on any atom is 0.337 e. The summed E-state index contributed by atoms with van der Waals surface area (Å²) in [4.78, 5) is 11.9. The fraction of sp³-hybridized carbons (Fsp3) is 0.421. The second-order valence-electron chi connectivity index (χ2n) is 5.64. The number of hydrogen-bond acceptors (Lipinski definition) is 3. The predicted molar refractivity (Wildman–Crippen MR) is 88.1 cm³/mol. The van der Waals surface area contributed by atoms with Crippen LogP contribution in [0, 0.1) is 11.8 Å². The molecule has 0 saturated carbocycles. The molecule has 2 aliphatic rings. The maximum atomic E-state index is 11.9. The molecule has 0 bridgehead atoms. The smallest absolute Gasteiger partial charge is 0.337 e.